The first-order valence-electron chi connectivity index (χ1n) is 4.37. The summed E-state index contributed by atoms with van der Waals surface area (Å²) in [6.45, 7) is 0.440. The Labute approximate surface area is 94.3 Å². The number of carbonyl (C=O) groups is 1. The van der Waals surface area contributed by atoms with Crippen molar-refractivity contribution in [3.63, 3.8) is 0 Å². The van der Waals surface area contributed by atoms with Crippen LogP contribution in [0.4, 0.5) is 4.39 Å². The van der Waals surface area contributed by atoms with Crippen molar-refractivity contribution >= 4 is 21.9 Å². The summed E-state index contributed by atoms with van der Waals surface area (Å²) in [5.41, 5.74) is 0.374. The van der Waals surface area contributed by atoms with Crippen molar-refractivity contribution in [1.82, 2.24) is 0 Å². The second-order valence-electron chi connectivity index (χ2n) is 3.12. The predicted octanol–water partition coefficient (Wildman–Crippen LogP) is 2.31. The monoisotopic (exact) mass is 274 g/mol. The van der Waals surface area contributed by atoms with Gasteiger partial charge in [0.25, 0.3) is 0 Å². The molecule has 0 spiro atoms. The quantitative estimate of drug-likeness (QED) is 0.738. The summed E-state index contributed by atoms with van der Waals surface area (Å²) in [6.07, 6.45) is 0.477. The van der Waals surface area contributed by atoms with Gasteiger partial charge in [0, 0.05) is 12.0 Å². The molecule has 0 aliphatic carbocycles. The van der Waals surface area contributed by atoms with E-state index in [-0.39, 0.29) is 5.56 Å². The average molecular weight is 275 g/mol. The van der Waals surface area contributed by atoms with Gasteiger partial charge in [-0.05, 0) is 22.0 Å². The third kappa shape index (κ3) is 1.61. The van der Waals surface area contributed by atoms with Gasteiger partial charge in [-0.2, -0.15) is 0 Å². The zero-order chi connectivity index (χ0) is 11.0. The Balaban J connectivity index is 2.59. The minimum atomic E-state index is -0.678. The first-order valence-corrected chi connectivity index (χ1v) is 5.16. The third-order valence-corrected chi connectivity index (χ3v) is 2.86. The summed E-state index contributed by atoms with van der Waals surface area (Å²) in [5, 5.41) is 0. The maximum absolute atomic E-state index is 13.8. The number of ether oxygens (including phenoxy) is 2. The van der Waals surface area contributed by atoms with E-state index in [9.17, 15) is 9.18 Å². The van der Waals surface area contributed by atoms with Crippen molar-refractivity contribution in [2.75, 3.05) is 13.7 Å². The number of hydrogen-bond acceptors (Lipinski definition) is 3. The van der Waals surface area contributed by atoms with E-state index < -0.39 is 11.8 Å². The number of rotatable bonds is 1. The predicted molar refractivity (Wildman–Crippen MR) is 54.6 cm³/mol. The first-order chi connectivity index (χ1) is 7.15. The summed E-state index contributed by atoms with van der Waals surface area (Å²) >= 11 is 3.23. The minimum absolute atomic E-state index is 0.0615. The number of halogens is 2. The molecule has 1 aliphatic heterocycles. The maximum atomic E-state index is 13.8. The molecule has 1 aliphatic rings. The molecule has 3 nitrogen and oxygen atoms in total. The van der Waals surface area contributed by atoms with Gasteiger partial charge in [-0.25, -0.2) is 9.18 Å². The summed E-state index contributed by atoms with van der Waals surface area (Å²) < 4.78 is 24.1. The lowest BCUT2D eigenvalue weighted by molar-refractivity contribution is 0.0595. The van der Waals surface area contributed by atoms with Gasteiger partial charge in [-0.15, -0.1) is 0 Å². The van der Waals surface area contributed by atoms with E-state index in [1.807, 2.05) is 0 Å². The molecule has 0 radical (unpaired) electrons. The molecule has 0 fully saturated rings. The van der Waals surface area contributed by atoms with E-state index >= 15 is 0 Å². The lowest BCUT2D eigenvalue weighted by atomic mass is 10.1. The highest BCUT2D eigenvalue weighted by Crippen LogP contribution is 2.37. The number of fused-ring (bicyclic) bond motifs is 1. The second kappa shape index (κ2) is 3.81. The summed E-state index contributed by atoms with van der Waals surface area (Å²) in [4.78, 5) is 11.3. The molecule has 0 saturated carbocycles. The molecule has 80 valence electrons. The van der Waals surface area contributed by atoms with E-state index in [4.69, 9.17) is 4.74 Å². The molecule has 0 unspecified atom stereocenters. The highest BCUT2D eigenvalue weighted by atomic mass is 79.9. The number of hydrogen-bond donors (Lipinski definition) is 0. The molecule has 2 rings (SSSR count). The number of benzene rings is 1. The molecule has 0 saturated heterocycles. The van der Waals surface area contributed by atoms with Gasteiger partial charge in [0.2, 0.25) is 0 Å². The smallest absolute Gasteiger partial charge is 0.340 e. The van der Waals surface area contributed by atoms with Gasteiger partial charge in [-0.1, -0.05) is 0 Å². The van der Waals surface area contributed by atoms with E-state index in [0.717, 1.165) is 0 Å². The largest absolute Gasteiger partial charge is 0.492 e. The normalized spacial score (nSPS) is 13.3. The lowest BCUT2D eigenvalue weighted by Gasteiger charge is -2.07. The molecule has 1 aromatic rings. The summed E-state index contributed by atoms with van der Waals surface area (Å²) in [5.74, 6) is -0.736. The van der Waals surface area contributed by atoms with Gasteiger partial charge in [0.15, 0.2) is 0 Å². The topological polar surface area (TPSA) is 35.5 Å². The first kappa shape index (κ1) is 10.4. The van der Waals surface area contributed by atoms with Crippen LogP contribution in [0.25, 0.3) is 0 Å². The Morgan fingerprint density at radius 1 is 1.67 bits per heavy atom. The Morgan fingerprint density at radius 3 is 3.07 bits per heavy atom. The molecule has 1 aromatic carbocycles. The molecule has 0 bridgehead atoms. The number of esters is 1. The van der Waals surface area contributed by atoms with Gasteiger partial charge >= 0.3 is 5.97 Å². The van der Waals surface area contributed by atoms with Crippen LogP contribution >= 0.6 is 15.9 Å². The molecule has 0 aromatic heterocycles. The van der Waals surface area contributed by atoms with Crippen LogP contribution in [0.1, 0.15) is 15.9 Å². The van der Waals surface area contributed by atoms with E-state index in [1.54, 1.807) is 0 Å². The van der Waals surface area contributed by atoms with Crippen LogP contribution in [-0.4, -0.2) is 19.7 Å². The van der Waals surface area contributed by atoms with Crippen LogP contribution in [0.15, 0.2) is 10.5 Å². The molecule has 0 N–H and O–H groups in total. The van der Waals surface area contributed by atoms with E-state index in [0.29, 0.717) is 28.8 Å². The van der Waals surface area contributed by atoms with Crippen LogP contribution in [0.3, 0.4) is 0 Å². The van der Waals surface area contributed by atoms with Gasteiger partial charge in [0.05, 0.1) is 23.8 Å². The van der Waals surface area contributed by atoms with Crippen LogP contribution in [0.2, 0.25) is 0 Å². The van der Waals surface area contributed by atoms with Gasteiger partial charge in [0.1, 0.15) is 11.6 Å². The van der Waals surface area contributed by atoms with Crippen molar-refractivity contribution in [3.8, 4) is 5.75 Å². The SMILES string of the molecule is COC(=O)c1cc(Br)c2c(c1F)CCO2. The minimum Gasteiger partial charge on any atom is -0.492 e. The van der Waals surface area contributed by atoms with Crippen LogP contribution in [0, 0.1) is 5.82 Å². The zero-order valence-electron chi connectivity index (χ0n) is 7.97. The molecule has 1 heterocycles. The molecule has 0 atom stereocenters. The number of carbonyl (C=O) groups excluding carboxylic acids is 1. The summed E-state index contributed by atoms with van der Waals surface area (Å²) in [6, 6.07) is 1.38. The fourth-order valence-electron chi connectivity index (χ4n) is 1.55. The Hall–Kier alpha value is -1.10. The van der Waals surface area contributed by atoms with E-state index in [1.165, 1.54) is 13.2 Å². The lowest BCUT2D eigenvalue weighted by Crippen LogP contribution is -2.06. The van der Waals surface area contributed by atoms with E-state index in [2.05, 4.69) is 20.7 Å². The highest BCUT2D eigenvalue weighted by Gasteiger charge is 2.25. The van der Waals surface area contributed by atoms with Gasteiger partial charge < -0.3 is 9.47 Å². The molecular formula is C10H8BrFO3. The molecule has 15 heavy (non-hydrogen) atoms. The van der Waals surface area contributed by atoms with Crippen LogP contribution in [0.5, 0.6) is 5.75 Å². The molecule has 5 heteroatoms. The van der Waals surface area contributed by atoms with Crippen molar-refractivity contribution in [1.29, 1.82) is 0 Å². The zero-order valence-corrected chi connectivity index (χ0v) is 9.56. The van der Waals surface area contributed by atoms with Crippen molar-refractivity contribution < 1.29 is 18.7 Å². The maximum Gasteiger partial charge on any atom is 0.340 e. The summed E-state index contributed by atoms with van der Waals surface area (Å²) in [7, 11) is 1.22. The Bertz CT molecular complexity index is 431. The van der Waals surface area contributed by atoms with Crippen molar-refractivity contribution in [3.05, 3.63) is 27.5 Å². The molecular weight excluding hydrogens is 267 g/mol. The molecule has 0 amide bonds. The van der Waals surface area contributed by atoms with Crippen molar-refractivity contribution in [2.24, 2.45) is 0 Å². The van der Waals surface area contributed by atoms with Crippen LogP contribution in [-0.2, 0) is 11.2 Å². The Morgan fingerprint density at radius 2 is 2.40 bits per heavy atom. The van der Waals surface area contributed by atoms with Gasteiger partial charge in [-0.3, -0.25) is 0 Å². The average Bonchev–Trinajstić information content (AvgIpc) is 2.71. The Kier molecular flexibility index (Phi) is 2.65. The second-order valence-corrected chi connectivity index (χ2v) is 3.97. The fourth-order valence-corrected chi connectivity index (χ4v) is 2.14. The standard InChI is InChI=1S/C10H8BrFO3/c1-14-10(13)6-4-7(11)9-5(8(6)12)2-3-15-9/h4H,2-3H2,1H3. The highest BCUT2D eigenvalue weighted by molar-refractivity contribution is 9.10. The van der Waals surface area contributed by atoms with Crippen LogP contribution < -0.4 is 4.74 Å². The number of methoxy groups -OCH3 is 1. The van der Waals surface area contributed by atoms with Crippen molar-refractivity contribution in [2.45, 2.75) is 6.42 Å². The third-order valence-electron chi connectivity index (χ3n) is 2.27. The fraction of sp³-hybridized carbons (Fsp3) is 0.300.